The van der Waals surface area contributed by atoms with Crippen molar-refractivity contribution < 1.29 is 9.32 Å². The lowest BCUT2D eigenvalue weighted by Gasteiger charge is -2.31. The van der Waals surface area contributed by atoms with Crippen molar-refractivity contribution in [3.8, 4) is 11.4 Å². The summed E-state index contributed by atoms with van der Waals surface area (Å²) in [6.45, 7) is 1.22. The van der Waals surface area contributed by atoms with E-state index in [4.69, 9.17) is 27.7 Å². The van der Waals surface area contributed by atoms with Gasteiger partial charge in [0.2, 0.25) is 11.7 Å². The van der Waals surface area contributed by atoms with Crippen LogP contribution >= 0.6 is 23.2 Å². The van der Waals surface area contributed by atoms with Crippen LogP contribution in [0.25, 0.3) is 11.4 Å². The molecular weight excluding hydrogens is 399 g/mol. The SMILES string of the molecule is O=C(Nc1ccc(Cl)cc1)N1CCC[C@H](c2nc(-c3ccc(Cl)cc3)no2)C1. The van der Waals surface area contributed by atoms with Gasteiger partial charge in [-0.25, -0.2) is 4.79 Å². The Balaban J connectivity index is 1.43. The van der Waals surface area contributed by atoms with E-state index < -0.39 is 0 Å². The van der Waals surface area contributed by atoms with Crippen LogP contribution in [0.15, 0.2) is 53.1 Å². The Morgan fingerprint density at radius 1 is 1.07 bits per heavy atom. The number of nitrogens with one attached hydrogen (secondary N) is 1. The number of likely N-dealkylation sites (tertiary alicyclic amines) is 1. The van der Waals surface area contributed by atoms with Gasteiger partial charge in [-0.3, -0.25) is 0 Å². The smallest absolute Gasteiger partial charge is 0.321 e. The third kappa shape index (κ3) is 4.29. The maximum atomic E-state index is 12.6. The van der Waals surface area contributed by atoms with Gasteiger partial charge in [-0.1, -0.05) is 28.4 Å². The molecule has 0 radical (unpaired) electrons. The Bertz CT molecular complexity index is 957. The summed E-state index contributed by atoms with van der Waals surface area (Å²) in [6, 6.07) is 14.2. The Morgan fingerprint density at radius 2 is 1.75 bits per heavy atom. The zero-order chi connectivity index (χ0) is 19.5. The van der Waals surface area contributed by atoms with E-state index in [1.807, 2.05) is 12.1 Å². The maximum Gasteiger partial charge on any atom is 0.321 e. The van der Waals surface area contributed by atoms with Crippen LogP contribution in [0.1, 0.15) is 24.7 Å². The van der Waals surface area contributed by atoms with Crippen molar-refractivity contribution in [2.75, 3.05) is 18.4 Å². The van der Waals surface area contributed by atoms with Crippen molar-refractivity contribution in [1.82, 2.24) is 15.0 Å². The molecule has 1 N–H and O–H groups in total. The van der Waals surface area contributed by atoms with Crippen LogP contribution in [-0.2, 0) is 0 Å². The molecule has 2 heterocycles. The Hall–Kier alpha value is -2.57. The molecule has 0 bridgehead atoms. The molecule has 0 unspecified atom stereocenters. The molecule has 1 fully saturated rings. The minimum absolute atomic E-state index is 0.0123. The summed E-state index contributed by atoms with van der Waals surface area (Å²) in [5.74, 6) is 1.08. The third-order valence-corrected chi connectivity index (χ3v) is 5.20. The average molecular weight is 417 g/mol. The van der Waals surface area contributed by atoms with Gasteiger partial charge in [-0.2, -0.15) is 4.98 Å². The zero-order valence-corrected chi connectivity index (χ0v) is 16.5. The van der Waals surface area contributed by atoms with E-state index in [9.17, 15) is 4.79 Å². The highest BCUT2D eigenvalue weighted by atomic mass is 35.5. The van der Waals surface area contributed by atoms with Crippen LogP contribution in [0.3, 0.4) is 0 Å². The molecule has 1 atom stereocenters. The van der Waals surface area contributed by atoms with Gasteiger partial charge in [-0.15, -0.1) is 0 Å². The van der Waals surface area contributed by atoms with E-state index in [1.54, 1.807) is 41.3 Å². The normalized spacial score (nSPS) is 16.8. The van der Waals surface area contributed by atoms with Crippen molar-refractivity contribution in [3.63, 3.8) is 0 Å². The number of hydrogen-bond donors (Lipinski definition) is 1. The summed E-state index contributed by atoms with van der Waals surface area (Å²) >= 11 is 11.8. The molecule has 2 amide bonds. The first-order valence-corrected chi connectivity index (χ1v) is 9.75. The fraction of sp³-hybridized carbons (Fsp3) is 0.250. The highest BCUT2D eigenvalue weighted by molar-refractivity contribution is 6.30. The number of halogens is 2. The number of aromatic nitrogens is 2. The molecule has 1 aliphatic rings. The van der Waals surface area contributed by atoms with Crippen molar-refractivity contribution in [3.05, 3.63) is 64.5 Å². The molecule has 0 saturated carbocycles. The number of hydrogen-bond acceptors (Lipinski definition) is 4. The molecule has 144 valence electrons. The van der Waals surface area contributed by atoms with Crippen LogP contribution in [0.4, 0.5) is 10.5 Å². The molecule has 2 aromatic carbocycles. The lowest BCUT2D eigenvalue weighted by molar-refractivity contribution is 0.184. The van der Waals surface area contributed by atoms with Gasteiger partial charge >= 0.3 is 6.03 Å². The second-order valence-corrected chi connectivity index (χ2v) is 7.56. The molecule has 0 aliphatic carbocycles. The average Bonchev–Trinajstić information content (AvgIpc) is 3.21. The first-order chi connectivity index (χ1) is 13.6. The number of nitrogens with zero attached hydrogens (tertiary/aromatic N) is 3. The number of carbonyl (C=O) groups excluding carboxylic acids is 1. The first kappa shape index (κ1) is 18.8. The monoisotopic (exact) mass is 416 g/mol. The molecule has 1 aliphatic heterocycles. The molecule has 28 heavy (non-hydrogen) atoms. The minimum Gasteiger partial charge on any atom is -0.339 e. The number of carbonyl (C=O) groups is 1. The summed E-state index contributed by atoms with van der Waals surface area (Å²) in [5, 5.41) is 8.26. The third-order valence-electron chi connectivity index (χ3n) is 4.70. The van der Waals surface area contributed by atoms with Gasteiger partial charge in [0, 0.05) is 34.4 Å². The predicted octanol–water partition coefficient (Wildman–Crippen LogP) is 5.45. The van der Waals surface area contributed by atoms with E-state index in [0.29, 0.717) is 40.5 Å². The van der Waals surface area contributed by atoms with E-state index in [0.717, 1.165) is 18.4 Å². The number of rotatable bonds is 3. The molecule has 4 rings (SSSR count). The Morgan fingerprint density at radius 3 is 2.46 bits per heavy atom. The second kappa shape index (κ2) is 8.20. The number of benzene rings is 2. The van der Waals surface area contributed by atoms with E-state index in [1.165, 1.54) is 0 Å². The Kier molecular flexibility index (Phi) is 5.50. The summed E-state index contributed by atoms with van der Waals surface area (Å²) in [5.41, 5.74) is 1.55. The van der Waals surface area contributed by atoms with E-state index in [2.05, 4.69) is 15.5 Å². The van der Waals surface area contributed by atoms with Crippen LogP contribution in [0, 0.1) is 0 Å². The summed E-state index contributed by atoms with van der Waals surface area (Å²) in [6.07, 6.45) is 1.77. The van der Waals surface area contributed by atoms with Gasteiger partial charge in [-0.05, 0) is 61.4 Å². The predicted molar refractivity (Wildman–Crippen MR) is 109 cm³/mol. The number of piperidine rings is 1. The summed E-state index contributed by atoms with van der Waals surface area (Å²) in [7, 11) is 0. The minimum atomic E-state index is -0.149. The molecule has 1 saturated heterocycles. The Labute approximate surface area is 172 Å². The molecule has 3 aromatic rings. The lowest BCUT2D eigenvalue weighted by Crippen LogP contribution is -2.41. The van der Waals surface area contributed by atoms with Crippen LogP contribution in [0.5, 0.6) is 0 Å². The van der Waals surface area contributed by atoms with Gasteiger partial charge < -0.3 is 14.7 Å². The summed E-state index contributed by atoms with van der Waals surface area (Å²) < 4.78 is 5.48. The largest absolute Gasteiger partial charge is 0.339 e. The number of urea groups is 1. The van der Waals surface area contributed by atoms with Crippen LogP contribution in [-0.4, -0.2) is 34.2 Å². The number of amides is 2. The van der Waals surface area contributed by atoms with Crippen LogP contribution in [0.2, 0.25) is 10.0 Å². The van der Waals surface area contributed by atoms with Crippen LogP contribution < -0.4 is 5.32 Å². The van der Waals surface area contributed by atoms with E-state index >= 15 is 0 Å². The quantitative estimate of drug-likeness (QED) is 0.615. The molecular formula is C20H18Cl2N4O2. The highest BCUT2D eigenvalue weighted by Crippen LogP contribution is 2.28. The van der Waals surface area contributed by atoms with Crippen molar-refractivity contribution in [2.24, 2.45) is 0 Å². The zero-order valence-electron chi connectivity index (χ0n) is 14.9. The summed E-state index contributed by atoms with van der Waals surface area (Å²) in [4.78, 5) is 18.9. The second-order valence-electron chi connectivity index (χ2n) is 6.69. The van der Waals surface area contributed by atoms with Gasteiger partial charge in [0.15, 0.2) is 0 Å². The standard InChI is InChI=1S/C20H18Cl2N4O2/c21-15-5-3-13(4-6-15)18-24-19(28-25-18)14-2-1-11-26(12-14)20(27)23-17-9-7-16(22)8-10-17/h3-10,14H,1-2,11-12H2,(H,23,27)/t14-/m0/s1. The van der Waals surface area contributed by atoms with Crippen molar-refractivity contribution in [2.45, 2.75) is 18.8 Å². The molecule has 0 spiro atoms. The van der Waals surface area contributed by atoms with Gasteiger partial charge in [0.1, 0.15) is 0 Å². The van der Waals surface area contributed by atoms with Gasteiger partial charge in [0.25, 0.3) is 0 Å². The fourth-order valence-corrected chi connectivity index (χ4v) is 3.47. The molecule has 6 nitrogen and oxygen atoms in total. The maximum absolute atomic E-state index is 12.6. The lowest BCUT2D eigenvalue weighted by atomic mass is 9.98. The van der Waals surface area contributed by atoms with E-state index in [-0.39, 0.29) is 11.9 Å². The number of anilines is 1. The van der Waals surface area contributed by atoms with Gasteiger partial charge in [0.05, 0.1) is 5.92 Å². The highest BCUT2D eigenvalue weighted by Gasteiger charge is 2.28. The first-order valence-electron chi connectivity index (χ1n) is 8.99. The van der Waals surface area contributed by atoms with Crippen molar-refractivity contribution in [1.29, 1.82) is 0 Å². The molecule has 8 heteroatoms. The molecule has 1 aromatic heterocycles. The van der Waals surface area contributed by atoms with Crippen molar-refractivity contribution >= 4 is 34.9 Å². The fourth-order valence-electron chi connectivity index (χ4n) is 3.22. The topological polar surface area (TPSA) is 71.3 Å².